The lowest BCUT2D eigenvalue weighted by Crippen LogP contribution is -2.70. The number of amides is 3. The normalized spacial score (nSPS) is 24.8. The minimum atomic E-state index is -1.12. The van der Waals surface area contributed by atoms with Crippen molar-refractivity contribution in [1.82, 2.24) is 15.5 Å². The Morgan fingerprint density at radius 2 is 2.00 bits per heavy atom. The van der Waals surface area contributed by atoms with E-state index in [9.17, 15) is 14.4 Å². The van der Waals surface area contributed by atoms with E-state index in [0.717, 1.165) is 0 Å². The van der Waals surface area contributed by atoms with Crippen LogP contribution in [0.3, 0.4) is 0 Å². The molecule has 23 heavy (non-hydrogen) atoms. The highest BCUT2D eigenvalue weighted by Crippen LogP contribution is 2.38. The zero-order valence-corrected chi connectivity index (χ0v) is 13.2. The van der Waals surface area contributed by atoms with Crippen molar-refractivity contribution in [3.05, 3.63) is 0 Å². The molecule has 0 aromatic heterocycles. The van der Waals surface area contributed by atoms with Crippen molar-refractivity contribution in [2.24, 2.45) is 11.5 Å². The largest absolute Gasteiger partial charge is 0.394 e. The lowest BCUT2D eigenvalue weighted by Gasteiger charge is -2.48. The summed E-state index contributed by atoms with van der Waals surface area (Å²) in [5.74, 6) is -1.09. The molecule has 0 radical (unpaired) electrons. The SMILES string of the molecule is NC(=O)C(CO)NC(=O)C1CSC2(CN(C(=O)C(N)CO)C2)N1. The first-order chi connectivity index (χ1) is 10.8. The topological polar surface area (TPSA) is 171 Å². The summed E-state index contributed by atoms with van der Waals surface area (Å²) in [4.78, 5) is 36.0. The molecule has 3 amide bonds. The molecule has 130 valence electrons. The third-order valence-corrected chi connectivity index (χ3v) is 5.27. The van der Waals surface area contributed by atoms with Crippen molar-refractivity contribution in [3.63, 3.8) is 0 Å². The smallest absolute Gasteiger partial charge is 0.242 e. The first-order valence-electron chi connectivity index (χ1n) is 7.09. The average Bonchev–Trinajstić information content (AvgIpc) is 2.94. The number of thioether (sulfide) groups is 1. The Morgan fingerprint density at radius 1 is 1.35 bits per heavy atom. The van der Waals surface area contributed by atoms with Crippen LogP contribution in [0.1, 0.15) is 0 Å². The van der Waals surface area contributed by atoms with Crippen LogP contribution >= 0.6 is 11.8 Å². The second kappa shape index (κ2) is 7.01. The fourth-order valence-corrected chi connectivity index (χ4v) is 3.93. The van der Waals surface area contributed by atoms with Crippen LogP contribution in [0.4, 0.5) is 0 Å². The van der Waals surface area contributed by atoms with Gasteiger partial charge in [-0.3, -0.25) is 19.7 Å². The predicted octanol–water partition coefficient (Wildman–Crippen LogP) is -4.49. The van der Waals surface area contributed by atoms with Crippen LogP contribution < -0.4 is 22.1 Å². The average molecular weight is 347 g/mol. The minimum absolute atomic E-state index is 0.331. The van der Waals surface area contributed by atoms with Gasteiger partial charge in [-0.1, -0.05) is 0 Å². The maximum atomic E-state index is 12.1. The van der Waals surface area contributed by atoms with Crippen LogP contribution in [0.15, 0.2) is 0 Å². The number of carbonyl (C=O) groups excluding carboxylic acids is 3. The number of nitrogens with one attached hydrogen (secondary N) is 2. The summed E-state index contributed by atoms with van der Waals surface area (Å²) in [6.07, 6.45) is 0. The van der Waals surface area contributed by atoms with Gasteiger partial charge in [-0.25, -0.2) is 0 Å². The van der Waals surface area contributed by atoms with Crippen LogP contribution in [0.25, 0.3) is 0 Å². The maximum Gasteiger partial charge on any atom is 0.242 e. The van der Waals surface area contributed by atoms with Gasteiger partial charge >= 0.3 is 0 Å². The number of rotatable bonds is 6. The molecule has 2 aliphatic rings. The summed E-state index contributed by atoms with van der Waals surface area (Å²) < 4.78 is 0. The van der Waals surface area contributed by atoms with Crippen molar-refractivity contribution >= 4 is 29.5 Å². The summed E-state index contributed by atoms with van der Waals surface area (Å²) in [6.45, 7) is -0.211. The van der Waals surface area contributed by atoms with E-state index in [4.69, 9.17) is 21.7 Å². The predicted molar refractivity (Wildman–Crippen MR) is 82.0 cm³/mol. The third kappa shape index (κ3) is 3.75. The van der Waals surface area contributed by atoms with Crippen LogP contribution in [-0.4, -0.2) is 87.9 Å². The molecule has 10 nitrogen and oxygen atoms in total. The molecule has 2 fully saturated rings. The van der Waals surface area contributed by atoms with Gasteiger partial charge in [0.2, 0.25) is 17.7 Å². The molecule has 1 spiro atoms. The fraction of sp³-hybridized carbons (Fsp3) is 0.750. The number of nitrogens with two attached hydrogens (primary N) is 2. The van der Waals surface area contributed by atoms with Gasteiger partial charge in [0.15, 0.2) is 0 Å². The van der Waals surface area contributed by atoms with Gasteiger partial charge in [0, 0.05) is 5.75 Å². The van der Waals surface area contributed by atoms with Crippen molar-refractivity contribution in [2.45, 2.75) is 23.0 Å². The maximum absolute atomic E-state index is 12.1. The van der Waals surface area contributed by atoms with Gasteiger partial charge < -0.3 is 31.9 Å². The van der Waals surface area contributed by atoms with Gasteiger partial charge in [0.1, 0.15) is 17.0 Å². The van der Waals surface area contributed by atoms with Crippen molar-refractivity contribution < 1.29 is 24.6 Å². The molecule has 2 aliphatic heterocycles. The molecule has 0 aromatic rings. The van der Waals surface area contributed by atoms with E-state index < -0.39 is 48.0 Å². The highest BCUT2D eigenvalue weighted by atomic mass is 32.2. The molecule has 3 unspecified atom stereocenters. The van der Waals surface area contributed by atoms with Gasteiger partial charge in [-0.2, -0.15) is 0 Å². The Labute approximate surface area is 136 Å². The van der Waals surface area contributed by atoms with Crippen LogP contribution in [0, 0.1) is 0 Å². The minimum Gasteiger partial charge on any atom is -0.394 e. The van der Waals surface area contributed by atoms with Crippen LogP contribution in [0.5, 0.6) is 0 Å². The lowest BCUT2D eigenvalue weighted by atomic mass is 10.1. The molecule has 0 bridgehead atoms. The number of nitrogens with zero attached hydrogens (tertiary/aromatic N) is 1. The van der Waals surface area contributed by atoms with Gasteiger partial charge in [-0.15, -0.1) is 11.8 Å². The molecule has 0 aromatic carbocycles. The number of hydrogen-bond acceptors (Lipinski definition) is 8. The van der Waals surface area contributed by atoms with E-state index in [2.05, 4.69) is 10.6 Å². The first kappa shape index (κ1) is 17.9. The van der Waals surface area contributed by atoms with E-state index >= 15 is 0 Å². The number of hydrogen-bond donors (Lipinski definition) is 6. The zero-order chi connectivity index (χ0) is 17.2. The molecule has 2 saturated heterocycles. The summed E-state index contributed by atoms with van der Waals surface area (Å²) in [6, 6.07) is -2.59. The number of aliphatic hydroxyl groups is 2. The highest BCUT2D eigenvalue weighted by molar-refractivity contribution is 8.01. The number of likely N-dealkylation sites (tertiary alicyclic amines) is 1. The Morgan fingerprint density at radius 3 is 2.52 bits per heavy atom. The monoisotopic (exact) mass is 347 g/mol. The third-order valence-electron chi connectivity index (χ3n) is 3.84. The standard InChI is InChI=1S/C12H21N5O5S/c13-6(1-18)11(22)17-4-12(5-17)16-8(3-23-12)10(21)15-7(2-19)9(14)20/h6-8,16,18-19H,1-5,13H2,(H2,14,20)(H,15,21). The quantitative estimate of drug-likeness (QED) is 0.279. The number of aliphatic hydroxyl groups excluding tert-OH is 2. The highest BCUT2D eigenvalue weighted by Gasteiger charge is 2.52. The number of primary amides is 1. The molecule has 8 N–H and O–H groups in total. The summed E-state index contributed by atoms with van der Waals surface area (Å²) >= 11 is 1.50. The molecule has 0 aliphatic carbocycles. The number of carbonyl (C=O) groups is 3. The van der Waals surface area contributed by atoms with Crippen LogP contribution in [0.2, 0.25) is 0 Å². The van der Waals surface area contributed by atoms with Crippen LogP contribution in [-0.2, 0) is 14.4 Å². The molecule has 3 atom stereocenters. The van der Waals surface area contributed by atoms with E-state index in [-0.39, 0.29) is 5.91 Å². The van der Waals surface area contributed by atoms with Crippen molar-refractivity contribution in [3.8, 4) is 0 Å². The molecule has 2 rings (SSSR count). The van der Waals surface area contributed by atoms with Crippen molar-refractivity contribution in [1.29, 1.82) is 0 Å². The molecule has 0 saturated carbocycles. The Kier molecular flexibility index (Phi) is 5.47. The second-order valence-corrected chi connectivity index (χ2v) is 7.04. The summed E-state index contributed by atoms with van der Waals surface area (Å²) in [5.41, 5.74) is 10.6. The van der Waals surface area contributed by atoms with Gasteiger partial charge in [0.25, 0.3) is 0 Å². The zero-order valence-electron chi connectivity index (χ0n) is 12.4. The fourth-order valence-electron chi connectivity index (χ4n) is 2.49. The Hall–Kier alpha value is -1.40. The van der Waals surface area contributed by atoms with E-state index in [1.165, 1.54) is 16.7 Å². The Bertz CT molecular complexity index is 498. The molecular formula is C12H21N5O5S. The van der Waals surface area contributed by atoms with Gasteiger partial charge in [-0.05, 0) is 0 Å². The Balaban J connectivity index is 1.84. The summed E-state index contributed by atoms with van der Waals surface area (Å²) in [5, 5.41) is 23.4. The van der Waals surface area contributed by atoms with E-state index in [1.54, 1.807) is 0 Å². The summed E-state index contributed by atoms with van der Waals surface area (Å²) in [7, 11) is 0. The molecular weight excluding hydrogens is 326 g/mol. The van der Waals surface area contributed by atoms with Crippen molar-refractivity contribution in [2.75, 3.05) is 32.1 Å². The van der Waals surface area contributed by atoms with Gasteiger partial charge in [0.05, 0.1) is 32.3 Å². The lowest BCUT2D eigenvalue weighted by molar-refractivity contribution is -0.139. The van der Waals surface area contributed by atoms with E-state index in [1.807, 2.05) is 0 Å². The second-order valence-electron chi connectivity index (χ2n) is 5.63. The molecule has 11 heteroatoms. The van der Waals surface area contributed by atoms with E-state index in [0.29, 0.717) is 18.8 Å². The molecule has 2 heterocycles. The first-order valence-corrected chi connectivity index (χ1v) is 8.08.